The van der Waals surface area contributed by atoms with Crippen LogP contribution in [0.1, 0.15) is 5.69 Å². The lowest BCUT2D eigenvalue weighted by atomic mass is 10.4. The van der Waals surface area contributed by atoms with Crippen LogP contribution >= 0.6 is 12.4 Å². The number of ether oxygens (including phenoxy) is 1. The second kappa shape index (κ2) is 3.82. The molecule has 0 unspecified atom stereocenters. The van der Waals surface area contributed by atoms with Crippen LogP contribution in [-0.2, 0) is 0 Å². The van der Waals surface area contributed by atoms with Crippen LogP contribution in [0.25, 0.3) is 0 Å². The molecule has 0 saturated carbocycles. The Labute approximate surface area is 69.9 Å². The van der Waals surface area contributed by atoms with Gasteiger partial charge in [-0.25, -0.2) is 0 Å². The van der Waals surface area contributed by atoms with Crippen LogP contribution in [0.2, 0.25) is 0 Å². The van der Waals surface area contributed by atoms with Gasteiger partial charge in [-0.15, -0.1) is 12.4 Å². The Kier molecular flexibility index (Phi) is 3.39. The number of nitrogen functional groups attached to an aromatic ring is 1. The van der Waals surface area contributed by atoms with E-state index in [2.05, 4.69) is 10.2 Å². The first-order valence-corrected chi connectivity index (χ1v) is 2.67. The Morgan fingerprint density at radius 3 is 2.82 bits per heavy atom. The molecule has 0 aromatic carbocycles. The lowest BCUT2D eigenvalue weighted by Crippen LogP contribution is -2.12. The van der Waals surface area contributed by atoms with E-state index in [4.69, 9.17) is 15.9 Å². The fraction of sp³-hybridized carbons (Fsp3) is 0.200. The first-order chi connectivity index (χ1) is 4.75. The molecule has 1 heterocycles. The summed E-state index contributed by atoms with van der Waals surface area (Å²) in [4.78, 5) is 0. The molecule has 11 heavy (non-hydrogen) atoms. The van der Waals surface area contributed by atoms with Crippen LogP contribution in [0, 0.1) is 5.41 Å². The highest BCUT2D eigenvalue weighted by atomic mass is 35.5. The minimum Gasteiger partial charge on any atom is -0.493 e. The van der Waals surface area contributed by atoms with Gasteiger partial charge in [0.15, 0.2) is 5.75 Å². The third-order valence-electron chi connectivity index (χ3n) is 1.09. The van der Waals surface area contributed by atoms with Crippen LogP contribution in [0.3, 0.4) is 0 Å². The van der Waals surface area contributed by atoms with Crippen LogP contribution < -0.4 is 10.5 Å². The van der Waals surface area contributed by atoms with E-state index in [1.807, 2.05) is 0 Å². The van der Waals surface area contributed by atoms with Crippen LogP contribution in [-0.4, -0.2) is 23.1 Å². The normalized spacial score (nSPS) is 8.45. The van der Waals surface area contributed by atoms with E-state index in [-0.39, 0.29) is 18.2 Å². The Hall–Kier alpha value is -1.23. The van der Waals surface area contributed by atoms with Gasteiger partial charge in [0.1, 0.15) is 11.5 Å². The molecule has 0 aliphatic heterocycles. The molecule has 5 nitrogen and oxygen atoms in total. The standard InChI is InChI=1S/C5H8N4O.ClH/c1-10-3-2-8-9-4(3)5(6)7;/h2H,1H3,(H3,6,7)(H,8,9);1H. The Bertz CT molecular complexity index is 246. The molecule has 0 spiro atoms. The van der Waals surface area contributed by atoms with Gasteiger partial charge in [0.2, 0.25) is 0 Å². The molecule has 0 amide bonds. The summed E-state index contributed by atoms with van der Waals surface area (Å²) < 4.78 is 4.83. The summed E-state index contributed by atoms with van der Waals surface area (Å²) in [6.07, 6.45) is 1.47. The molecule has 1 rings (SSSR count). The minimum atomic E-state index is -0.0747. The predicted molar refractivity (Wildman–Crippen MR) is 43.4 cm³/mol. The first-order valence-electron chi connectivity index (χ1n) is 2.67. The first kappa shape index (κ1) is 9.77. The second-order valence-electron chi connectivity index (χ2n) is 1.73. The van der Waals surface area contributed by atoms with E-state index in [0.29, 0.717) is 11.4 Å². The summed E-state index contributed by atoms with van der Waals surface area (Å²) in [5.41, 5.74) is 5.59. The molecule has 0 bridgehead atoms. The molecular formula is C5H9ClN4O. The van der Waals surface area contributed by atoms with Crippen molar-refractivity contribution in [2.45, 2.75) is 0 Å². The number of nitrogens with zero attached hydrogens (tertiary/aromatic N) is 1. The van der Waals surface area contributed by atoms with Crippen molar-refractivity contribution < 1.29 is 4.74 Å². The zero-order valence-electron chi connectivity index (χ0n) is 5.92. The van der Waals surface area contributed by atoms with E-state index in [0.717, 1.165) is 0 Å². The lowest BCUT2D eigenvalue weighted by molar-refractivity contribution is 0.414. The molecule has 62 valence electrons. The number of hydrogen-bond acceptors (Lipinski definition) is 3. The number of aromatic nitrogens is 2. The van der Waals surface area contributed by atoms with E-state index >= 15 is 0 Å². The minimum absolute atomic E-state index is 0. The summed E-state index contributed by atoms with van der Waals surface area (Å²) in [6, 6.07) is 0. The largest absolute Gasteiger partial charge is 0.493 e. The third kappa shape index (κ3) is 1.84. The number of hydrogen-bond donors (Lipinski definition) is 3. The van der Waals surface area contributed by atoms with Crippen LogP contribution in [0.5, 0.6) is 5.75 Å². The van der Waals surface area contributed by atoms with Gasteiger partial charge < -0.3 is 10.5 Å². The molecule has 0 aliphatic rings. The fourth-order valence-corrected chi connectivity index (χ4v) is 0.623. The summed E-state index contributed by atoms with van der Waals surface area (Å²) >= 11 is 0. The van der Waals surface area contributed by atoms with Gasteiger partial charge in [0.25, 0.3) is 0 Å². The molecule has 0 saturated heterocycles. The number of rotatable bonds is 2. The van der Waals surface area contributed by atoms with Gasteiger partial charge in [-0.2, -0.15) is 5.10 Å². The topological polar surface area (TPSA) is 87.8 Å². The fourth-order valence-electron chi connectivity index (χ4n) is 0.623. The highest BCUT2D eigenvalue weighted by Crippen LogP contribution is 2.11. The molecule has 0 atom stereocenters. The maximum absolute atomic E-state index is 7.02. The van der Waals surface area contributed by atoms with Crippen molar-refractivity contribution in [1.82, 2.24) is 10.2 Å². The van der Waals surface area contributed by atoms with Crippen LogP contribution in [0.4, 0.5) is 0 Å². The number of amidine groups is 1. The monoisotopic (exact) mass is 176 g/mol. The summed E-state index contributed by atoms with van der Waals surface area (Å²) in [5.74, 6) is 0.418. The number of aromatic amines is 1. The quantitative estimate of drug-likeness (QED) is 0.442. The average molecular weight is 177 g/mol. The number of halogens is 1. The summed E-state index contributed by atoms with van der Waals surface area (Å²) in [5, 5.41) is 13.2. The van der Waals surface area contributed by atoms with Gasteiger partial charge in [-0.1, -0.05) is 0 Å². The number of nitrogens with one attached hydrogen (secondary N) is 2. The maximum Gasteiger partial charge on any atom is 0.167 e. The molecule has 4 N–H and O–H groups in total. The Morgan fingerprint density at radius 2 is 2.45 bits per heavy atom. The van der Waals surface area contributed by atoms with Gasteiger partial charge in [-0.3, -0.25) is 10.5 Å². The van der Waals surface area contributed by atoms with Gasteiger partial charge in [0, 0.05) is 0 Å². The Balaban J connectivity index is 0.000001000. The molecule has 1 aromatic heterocycles. The number of methoxy groups -OCH3 is 1. The van der Waals surface area contributed by atoms with Crippen molar-refractivity contribution in [1.29, 1.82) is 5.41 Å². The highest BCUT2D eigenvalue weighted by Gasteiger charge is 2.05. The van der Waals surface area contributed by atoms with Crippen molar-refractivity contribution in [2.75, 3.05) is 7.11 Å². The van der Waals surface area contributed by atoms with Crippen LogP contribution in [0.15, 0.2) is 6.20 Å². The van der Waals surface area contributed by atoms with E-state index < -0.39 is 0 Å². The third-order valence-corrected chi connectivity index (χ3v) is 1.09. The molecule has 0 aliphatic carbocycles. The van der Waals surface area contributed by atoms with Gasteiger partial charge in [0.05, 0.1) is 13.3 Å². The lowest BCUT2D eigenvalue weighted by Gasteiger charge is -1.96. The second-order valence-corrected chi connectivity index (χ2v) is 1.73. The molecule has 6 heteroatoms. The molecular weight excluding hydrogens is 168 g/mol. The molecule has 0 fully saturated rings. The number of nitrogens with two attached hydrogens (primary N) is 1. The summed E-state index contributed by atoms with van der Waals surface area (Å²) in [6.45, 7) is 0. The van der Waals surface area contributed by atoms with E-state index in [9.17, 15) is 0 Å². The zero-order chi connectivity index (χ0) is 7.56. The smallest absolute Gasteiger partial charge is 0.167 e. The van der Waals surface area contributed by atoms with Crippen molar-refractivity contribution in [3.8, 4) is 5.75 Å². The highest BCUT2D eigenvalue weighted by molar-refractivity contribution is 5.95. The molecule has 1 aromatic rings. The van der Waals surface area contributed by atoms with Gasteiger partial charge >= 0.3 is 0 Å². The summed E-state index contributed by atoms with van der Waals surface area (Å²) in [7, 11) is 1.50. The van der Waals surface area contributed by atoms with Crippen molar-refractivity contribution >= 4 is 18.2 Å². The van der Waals surface area contributed by atoms with Crippen molar-refractivity contribution in [3.05, 3.63) is 11.9 Å². The Morgan fingerprint density at radius 1 is 1.82 bits per heavy atom. The predicted octanol–water partition coefficient (Wildman–Crippen LogP) is 0.124. The SMILES string of the molecule is COc1cn[nH]c1C(=N)N.Cl. The van der Waals surface area contributed by atoms with Gasteiger partial charge in [-0.05, 0) is 0 Å². The van der Waals surface area contributed by atoms with E-state index in [1.165, 1.54) is 13.3 Å². The number of H-pyrrole nitrogens is 1. The maximum atomic E-state index is 7.02. The van der Waals surface area contributed by atoms with E-state index in [1.54, 1.807) is 0 Å². The zero-order valence-corrected chi connectivity index (χ0v) is 6.73. The molecule has 0 radical (unpaired) electrons. The van der Waals surface area contributed by atoms with Crippen molar-refractivity contribution in [2.24, 2.45) is 5.73 Å². The average Bonchev–Trinajstić information content (AvgIpc) is 2.33. The van der Waals surface area contributed by atoms with Crippen molar-refractivity contribution in [3.63, 3.8) is 0 Å².